The van der Waals surface area contributed by atoms with Crippen LogP contribution in [0.25, 0.3) is 22.3 Å². The minimum Gasteiger partial charge on any atom is -0.352 e. The number of rotatable bonds is 5. The molecule has 8 heteroatoms. The normalized spacial score (nSPS) is 19.6. The molecule has 0 saturated carbocycles. The summed E-state index contributed by atoms with van der Waals surface area (Å²) in [6.45, 7) is 1.37. The first-order valence-electron chi connectivity index (χ1n) is 8.24. The van der Waals surface area contributed by atoms with Gasteiger partial charge in [-0.1, -0.05) is 29.8 Å². The maximum atomic E-state index is 11.5. The number of hydrogen-bond acceptors (Lipinski definition) is 4. The third-order valence-electron chi connectivity index (χ3n) is 4.63. The summed E-state index contributed by atoms with van der Waals surface area (Å²) in [6.07, 6.45) is 4.24. The topological polar surface area (TPSA) is 79.8 Å². The summed E-state index contributed by atoms with van der Waals surface area (Å²) in [5.74, 6) is 0.517. The Hall–Kier alpha value is -1.83. The van der Waals surface area contributed by atoms with Gasteiger partial charge in [-0.3, -0.25) is 0 Å². The van der Waals surface area contributed by atoms with Crippen molar-refractivity contribution in [3.63, 3.8) is 0 Å². The summed E-state index contributed by atoms with van der Waals surface area (Å²) in [5.41, 5.74) is 2.76. The van der Waals surface area contributed by atoms with Gasteiger partial charge >= 0.3 is 0 Å². The minimum absolute atomic E-state index is 0.0497. The number of para-hydroxylation sites is 1. The van der Waals surface area contributed by atoms with E-state index in [1.165, 1.54) is 0 Å². The quantitative estimate of drug-likeness (QED) is 0.714. The lowest BCUT2D eigenvalue weighted by atomic mass is 10.2. The molecule has 3 aromatic rings. The molecule has 132 valence electrons. The third-order valence-corrected chi connectivity index (χ3v) is 6.79. The molecule has 1 fully saturated rings. The molecule has 1 atom stereocenters. The van der Waals surface area contributed by atoms with Crippen LogP contribution >= 0.6 is 11.6 Å². The Balaban J connectivity index is 1.50. The lowest BCUT2D eigenvalue weighted by Gasteiger charge is -2.12. The number of nitrogens with one attached hydrogen (secondary N) is 2. The SMILES string of the molecule is O=S1(=O)CC[C@H](NCCn2cncc2-c2[nH]c3ccccc3c2Cl)C1. The van der Waals surface area contributed by atoms with Gasteiger partial charge < -0.3 is 14.9 Å². The van der Waals surface area contributed by atoms with Gasteiger partial charge in [-0.15, -0.1) is 0 Å². The molecule has 0 bridgehead atoms. The molecule has 4 rings (SSSR count). The van der Waals surface area contributed by atoms with Gasteiger partial charge in [0.1, 0.15) is 0 Å². The van der Waals surface area contributed by atoms with Crippen molar-refractivity contribution in [1.29, 1.82) is 0 Å². The third kappa shape index (κ3) is 3.31. The van der Waals surface area contributed by atoms with Gasteiger partial charge in [-0.2, -0.15) is 0 Å². The zero-order valence-electron chi connectivity index (χ0n) is 13.6. The van der Waals surface area contributed by atoms with Gasteiger partial charge in [-0.05, 0) is 12.5 Å². The number of benzene rings is 1. The summed E-state index contributed by atoms with van der Waals surface area (Å²) < 4.78 is 25.1. The van der Waals surface area contributed by atoms with Gasteiger partial charge in [0.25, 0.3) is 0 Å². The highest BCUT2D eigenvalue weighted by Crippen LogP contribution is 2.34. The molecule has 0 unspecified atom stereocenters. The van der Waals surface area contributed by atoms with Crippen LogP contribution in [0.15, 0.2) is 36.8 Å². The van der Waals surface area contributed by atoms with Crippen molar-refractivity contribution >= 4 is 32.3 Å². The van der Waals surface area contributed by atoms with Crippen molar-refractivity contribution < 1.29 is 8.42 Å². The Kier molecular flexibility index (Phi) is 4.31. The van der Waals surface area contributed by atoms with Crippen LogP contribution in [0.4, 0.5) is 0 Å². The smallest absolute Gasteiger partial charge is 0.151 e. The first-order valence-corrected chi connectivity index (χ1v) is 10.4. The number of sulfone groups is 1. The fraction of sp³-hybridized carbons (Fsp3) is 0.353. The number of nitrogens with zero attached hydrogens (tertiary/aromatic N) is 2. The van der Waals surface area contributed by atoms with Crippen molar-refractivity contribution in [3.8, 4) is 11.4 Å². The van der Waals surface area contributed by atoms with E-state index in [9.17, 15) is 8.42 Å². The second kappa shape index (κ2) is 6.48. The van der Waals surface area contributed by atoms with Crippen LogP contribution < -0.4 is 5.32 Å². The Morgan fingerprint density at radius 2 is 2.20 bits per heavy atom. The highest BCUT2D eigenvalue weighted by atomic mass is 35.5. The molecule has 25 heavy (non-hydrogen) atoms. The zero-order chi connectivity index (χ0) is 17.4. The van der Waals surface area contributed by atoms with E-state index in [0.29, 0.717) is 24.5 Å². The number of imidazole rings is 1. The van der Waals surface area contributed by atoms with Crippen LogP contribution in [0.1, 0.15) is 6.42 Å². The number of halogens is 1. The Morgan fingerprint density at radius 3 is 2.96 bits per heavy atom. The highest BCUT2D eigenvalue weighted by molar-refractivity contribution is 7.91. The number of aromatic amines is 1. The van der Waals surface area contributed by atoms with Crippen molar-refractivity contribution in [2.45, 2.75) is 19.0 Å². The number of fused-ring (bicyclic) bond motifs is 1. The zero-order valence-corrected chi connectivity index (χ0v) is 15.1. The van der Waals surface area contributed by atoms with E-state index >= 15 is 0 Å². The predicted octanol–water partition coefficient (Wildman–Crippen LogP) is 2.46. The maximum Gasteiger partial charge on any atom is 0.151 e. The lowest BCUT2D eigenvalue weighted by molar-refractivity contribution is 0.521. The van der Waals surface area contributed by atoms with Crippen LogP contribution in [-0.4, -0.2) is 47.0 Å². The summed E-state index contributed by atoms with van der Waals surface area (Å²) in [4.78, 5) is 7.60. The van der Waals surface area contributed by atoms with E-state index in [1.54, 1.807) is 12.5 Å². The van der Waals surface area contributed by atoms with Crippen molar-refractivity contribution in [1.82, 2.24) is 19.9 Å². The molecule has 1 saturated heterocycles. The van der Waals surface area contributed by atoms with E-state index in [2.05, 4.69) is 15.3 Å². The van der Waals surface area contributed by atoms with Gasteiger partial charge in [0, 0.05) is 30.0 Å². The van der Waals surface area contributed by atoms with E-state index in [0.717, 1.165) is 22.3 Å². The average Bonchev–Trinajstić information content (AvgIpc) is 3.26. The molecule has 0 aliphatic carbocycles. The molecule has 1 aliphatic heterocycles. The molecule has 6 nitrogen and oxygen atoms in total. The second-order valence-corrected chi connectivity index (χ2v) is 8.99. The van der Waals surface area contributed by atoms with Crippen molar-refractivity contribution in [2.75, 3.05) is 18.1 Å². The van der Waals surface area contributed by atoms with E-state index in [1.807, 2.05) is 28.8 Å². The Bertz CT molecular complexity index is 1010. The van der Waals surface area contributed by atoms with Gasteiger partial charge in [-0.25, -0.2) is 13.4 Å². The monoisotopic (exact) mass is 378 g/mol. The van der Waals surface area contributed by atoms with Gasteiger partial charge in [0.15, 0.2) is 9.84 Å². The van der Waals surface area contributed by atoms with Gasteiger partial charge in [0.2, 0.25) is 0 Å². The fourth-order valence-corrected chi connectivity index (χ4v) is 5.35. The Labute approximate surface area is 151 Å². The maximum absolute atomic E-state index is 11.5. The number of H-pyrrole nitrogens is 1. The first kappa shape index (κ1) is 16.6. The molecule has 0 amide bonds. The molecular formula is C17H19ClN4O2S. The largest absolute Gasteiger partial charge is 0.352 e. The fourth-order valence-electron chi connectivity index (χ4n) is 3.34. The van der Waals surface area contributed by atoms with Crippen molar-refractivity contribution in [3.05, 3.63) is 41.8 Å². The molecule has 1 aromatic carbocycles. The van der Waals surface area contributed by atoms with Crippen molar-refractivity contribution in [2.24, 2.45) is 0 Å². The molecule has 1 aliphatic rings. The number of aromatic nitrogens is 3. The molecule has 0 radical (unpaired) electrons. The van der Waals surface area contributed by atoms with Crippen LogP contribution in [0.5, 0.6) is 0 Å². The van der Waals surface area contributed by atoms with Crippen LogP contribution in [0.3, 0.4) is 0 Å². The summed E-state index contributed by atoms with van der Waals surface area (Å²) in [6, 6.07) is 7.96. The van der Waals surface area contributed by atoms with E-state index < -0.39 is 9.84 Å². The van der Waals surface area contributed by atoms with Gasteiger partial charge in [0.05, 0.1) is 40.4 Å². The predicted molar refractivity (Wildman–Crippen MR) is 99.6 cm³/mol. The molecule has 2 N–H and O–H groups in total. The highest BCUT2D eigenvalue weighted by Gasteiger charge is 2.27. The molecular weight excluding hydrogens is 360 g/mol. The summed E-state index contributed by atoms with van der Waals surface area (Å²) in [5, 5.41) is 5.00. The molecule has 2 aromatic heterocycles. The van der Waals surface area contributed by atoms with E-state index in [-0.39, 0.29) is 17.5 Å². The second-order valence-electron chi connectivity index (χ2n) is 6.39. The number of hydrogen-bond donors (Lipinski definition) is 2. The van der Waals surface area contributed by atoms with Crippen LogP contribution in [-0.2, 0) is 16.4 Å². The van der Waals surface area contributed by atoms with E-state index in [4.69, 9.17) is 11.6 Å². The summed E-state index contributed by atoms with van der Waals surface area (Å²) >= 11 is 6.53. The molecule has 0 spiro atoms. The lowest BCUT2D eigenvalue weighted by Crippen LogP contribution is -2.32. The minimum atomic E-state index is -2.86. The van der Waals surface area contributed by atoms with Crippen LogP contribution in [0, 0.1) is 0 Å². The standard InChI is InChI=1S/C17H19ClN4O2S/c18-16-13-3-1-2-4-14(13)21-17(16)15-9-19-11-22(15)7-6-20-12-5-8-25(23,24)10-12/h1-4,9,11-12,20-21H,5-8,10H2/t12-/m0/s1. The first-order chi connectivity index (χ1) is 12.0. The molecule has 3 heterocycles. The van der Waals surface area contributed by atoms with Crippen LogP contribution in [0.2, 0.25) is 5.02 Å². The summed E-state index contributed by atoms with van der Waals surface area (Å²) in [7, 11) is -2.86. The average molecular weight is 379 g/mol. The Morgan fingerprint density at radius 1 is 1.36 bits per heavy atom.